The van der Waals surface area contributed by atoms with Crippen LogP contribution < -0.4 is 10.2 Å². The summed E-state index contributed by atoms with van der Waals surface area (Å²) in [5, 5.41) is 11.1. The molecule has 1 N–H and O–H groups in total. The number of likely N-dealkylation sites (N-methyl/N-ethyl adjacent to an activating group) is 1. The van der Waals surface area contributed by atoms with Crippen LogP contribution in [0, 0.1) is 12.7 Å². The van der Waals surface area contributed by atoms with Crippen LogP contribution in [0.5, 0.6) is 0 Å². The van der Waals surface area contributed by atoms with Gasteiger partial charge >= 0.3 is 0 Å². The Kier molecular flexibility index (Phi) is 4.79. The highest BCUT2D eigenvalue weighted by Crippen LogP contribution is 2.20. The van der Waals surface area contributed by atoms with Crippen LogP contribution in [0.15, 0.2) is 30.7 Å². The maximum absolute atomic E-state index is 13.7. The van der Waals surface area contributed by atoms with E-state index < -0.39 is 17.8 Å². The van der Waals surface area contributed by atoms with Crippen LogP contribution in [-0.2, 0) is 17.9 Å². The maximum atomic E-state index is 13.7. The number of amides is 2. The zero-order valence-electron chi connectivity index (χ0n) is 15.9. The first-order valence-electron chi connectivity index (χ1n) is 9.04. The van der Waals surface area contributed by atoms with Crippen molar-refractivity contribution < 1.29 is 14.0 Å². The summed E-state index contributed by atoms with van der Waals surface area (Å²) >= 11 is 0. The Hall–Kier alpha value is -3.63. The van der Waals surface area contributed by atoms with Gasteiger partial charge in [-0.05, 0) is 25.5 Å². The van der Waals surface area contributed by atoms with E-state index in [0.717, 1.165) is 5.69 Å². The lowest BCUT2D eigenvalue weighted by Gasteiger charge is -2.19. The lowest BCUT2D eigenvalue weighted by Crippen LogP contribution is -2.47. The normalized spacial score (nSPS) is 16.4. The van der Waals surface area contributed by atoms with Gasteiger partial charge in [0.2, 0.25) is 5.82 Å². The van der Waals surface area contributed by atoms with Crippen LogP contribution in [0.2, 0.25) is 0 Å². The summed E-state index contributed by atoms with van der Waals surface area (Å²) in [6.45, 7) is 2.39. The molecule has 3 aromatic rings. The van der Waals surface area contributed by atoms with Crippen molar-refractivity contribution in [2.45, 2.75) is 32.5 Å². The highest BCUT2D eigenvalue weighted by Gasteiger charge is 2.31. The number of aryl methyl sites for hydroxylation is 2. The van der Waals surface area contributed by atoms with E-state index in [4.69, 9.17) is 0 Å². The molecule has 0 aromatic carbocycles. The van der Waals surface area contributed by atoms with Crippen molar-refractivity contribution in [2.75, 3.05) is 11.9 Å². The minimum atomic E-state index is -0.727. The molecule has 150 valence electrons. The summed E-state index contributed by atoms with van der Waals surface area (Å²) in [6.07, 6.45) is 3.19. The van der Waals surface area contributed by atoms with Crippen LogP contribution in [0.25, 0.3) is 0 Å². The van der Waals surface area contributed by atoms with Gasteiger partial charge in [-0.25, -0.2) is 18.7 Å². The van der Waals surface area contributed by atoms with Gasteiger partial charge in [0.15, 0.2) is 0 Å². The fourth-order valence-corrected chi connectivity index (χ4v) is 3.21. The third-order valence-corrected chi connectivity index (χ3v) is 4.67. The predicted molar refractivity (Wildman–Crippen MR) is 99.6 cm³/mol. The zero-order chi connectivity index (χ0) is 20.5. The smallest absolute Gasteiger partial charge is 0.291 e. The number of hydrogen-bond acceptors (Lipinski definition) is 6. The van der Waals surface area contributed by atoms with Gasteiger partial charge in [-0.2, -0.15) is 5.10 Å². The average Bonchev–Trinajstić information content (AvgIpc) is 3.30. The molecule has 0 spiro atoms. The number of anilines is 1. The Labute approximate surface area is 165 Å². The number of carbonyl (C=O) groups is 2. The van der Waals surface area contributed by atoms with Crippen LogP contribution in [0.1, 0.15) is 28.4 Å². The van der Waals surface area contributed by atoms with Crippen LogP contribution in [-0.4, -0.2) is 54.4 Å². The zero-order valence-corrected chi connectivity index (χ0v) is 15.9. The van der Waals surface area contributed by atoms with Crippen molar-refractivity contribution in [1.29, 1.82) is 0 Å². The molecule has 1 atom stereocenters. The van der Waals surface area contributed by atoms with Gasteiger partial charge in [-0.3, -0.25) is 19.5 Å². The summed E-state index contributed by atoms with van der Waals surface area (Å²) in [5.41, 5.74) is 1.01. The number of halogens is 1. The Morgan fingerprint density at radius 2 is 2.17 bits per heavy atom. The third kappa shape index (κ3) is 3.71. The molecular formula is C18H19FN8O2. The van der Waals surface area contributed by atoms with Crippen molar-refractivity contribution in [3.05, 3.63) is 53.8 Å². The van der Waals surface area contributed by atoms with Gasteiger partial charge < -0.3 is 5.32 Å². The van der Waals surface area contributed by atoms with Gasteiger partial charge in [0, 0.05) is 25.9 Å². The van der Waals surface area contributed by atoms with E-state index in [-0.39, 0.29) is 24.0 Å². The lowest BCUT2D eigenvalue weighted by atomic mass is 10.2. The second-order valence-electron chi connectivity index (χ2n) is 6.78. The first-order chi connectivity index (χ1) is 13.9. The van der Waals surface area contributed by atoms with Gasteiger partial charge in [0.1, 0.15) is 24.0 Å². The quantitative estimate of drug-likeness (QED) is 0.686. The van der Waals surface area contributed by atoms with Gasteiger partial charge in [-0.1, -0.05) is 0 Å². The van der Waals surface area contributed by atoms with Crippen LogP contribution in [0.3, 0.4) is 0 Å². The summed E-state index contributed by atoms with van der Waals surface area (Å²) < 4.78 is 16.8. The molecule has 0 fully saturated rings. The van der Waals surface area contributed by atoms with E-state index in [9.17, 15) is 14.0 Å². The minimum absolute atomic E-state index is 0.0402. The van der Waals surface area contributed by atoms with Crippen molar-refractivity contribution in [3.63, 3.8) is 0 Å². The molecule has 4 heterocycles. The Morgan fingerprint density at radius 1 is 1.34 bits per heavy atom. The molecule has 1 aliphatic rings. The molecule has 4 rings (SSSR count). The number of nitrogens with one attached hydrogen (secondary N) is 1. The molecule has 3 aromatic heterocycles. The third-order valence-electron chi connectivity index (χ3n) is 4.67. The van der Waals surface area contributed by atoms with Crippen molar-refractivity contribution in [2.24, 2.45) is 0 Å². The first kappa shape index (κ1) is 18.7. The molecule has 11 heteroatoms. The number of pyridine rings is 1. The van der Waals surface area contributed by atoms with Crippen molar-refractivity contribution >= 4 is 17.6 Å². The molecule has 0 aliphatic carbocycles. The van der Waals surface area contributed by atoms with E-state index in [2.05, 4.69) is 25.5 Å². The summed E-state index contributed by atoms with van der Waals surface area (Å²) in [7, 11) is 1.65. The largest absolute Gasteiger partial charge is 0.337 e. The average molecular weight is 398 g/mol. The van der Waals surface area contributed by atoms with Gasteiger partial charge in [-0.15, -0.1) is 5.10 Å². The number of hydrogen-bond donors (Lipinski definition) is 1. The number of nitrogens with zero attached hydrogens (tertiary/aromatic N) is 7. The summed E-state index contributed by atoms with van der Waals surface area (Å²) in [4.78, 5) is 34.7. The van der Waals surface area contributed by atoms with Crippen LogP contribution in [0.4, 0.5) is 10.2 Å². The van der Waals surface area contributed by atoms with Crippen LogP contribution >= 0.6 is 0 Å². The number of carbonyl (C=O) groups excluding carboxylic acids is 2. The predicted octanol–water partition coefficient (Wildman–Crippen LogP) is 0.531. The molecule has 10 nitrogen and oxygen atoms in total. The van der Waals surface area contributed by atoms with E-state index >= 15 is 0 Å². The SMILES string of the molecule is Cc1cc2n(n1)CC[C@H](NC(=O)c1ncn(Cc3ncccc3F)n1)C(=O)N2C. The molecule has 2 amide bonds. The molecule has 1 aliphatic heterocycles. The number of fused-ring (bicyclic) bond motifs is 1. The molecule has 0 radical (unpaired) electrons. The monoisotopic (exact) mass is 398 g/mol. The second kappa shape index (κ2) is 7.41. The van der Waals surface area contributed by atoms with E-state index in [1.165, 1.54) is 34.2 Å². The molecule has 0 bridgehead atoms. The highest BCUT2D eigenvalue weighted by molar-refractivity contribution is 6.00. The van der Waals surface area contributed by atoms with E-state index in [1.54, 1.807) is 11.7 Å². The van der Waals surface area contributed by atoms with E-state index in [1.807, 2.05) is 13.0 Å². The standard InChI is InChI=1S/C18H19FN8O2/c1-11-8-15-25(2)18(29)13(5-7-27(15)23-11)22-17(28)16-21-10-26(24-16)9-14-12(19)4-3-6-20-14/h3-4,6,8,10,13H,5,7,9H2,1-2H3,(H,22,28)/t13-/m0/s1. The highest BCUT2D eigenvalue weighted by atomic mass is 19.1. The Morgan fingerprint density at radius 3 is 2.97 bits per heavy atom. The van der Waals surface area contributed by atoms with Crippen molar-refractivity contribution in [1.82, 2.24) is 34.8 Å². The Bertz CT molecular complexity index is 1080. The Balaban J connectivity index is 1.44. The maximum Gasteiger partial charge on any atom is 0.291 e. The second-order valence-corrected chi connectivity index (χ2v) is 6.78. The molecule has 0 saturated carbocycles. The summed E-state index contributed by atoms with van der Waals surface area (Å²) in [5.74, 6) is -0.702. The molecule has 0 saturated heterocycles. The fraction of sp³-hybridized carbons (Fsp3) is 0.333. The number of rotatable bonds is 4. The minimum Gasteiger partial charge on any atom is -0.337 e. The summed E-state index contributed by atoms with van der Waals surface area (Å²) in [6, 6.07) is 3.89. The van der Waals surface area contributed by atoms with Gasteiger partial charge in [0.05, 0.1) is 17.9 Å². The number of aromatic nitrogens is 6. The lowest BCUT2D eigenvalue weighted by molar-refractivity contribution is -0.120. The fourth-order valence-electron chi connectivity index (χ4n) is 3.21. The molecule has 0 unspecified atom stereocenters. The topological polar surface area (TPSA) is 111 Å². The van der Waals surface area contributed by atoms with Gasteiger partial charge in [0.25, 0.3) is 11.8 Å². The molecular weight excluding hydrogens is 379 g/mol. The van der Waals surface area contributed by atoms with E-state index in [0.29, 0.717) is 18.8 Å². The van der Waals surface area contributed by atoms with Crippen molar-refractivity contribution in [3.8, 4) is 0 Å². The first-order valence-corrected chi connectivity index (χ1v) is 9.04. The molecule has 29 heavy (non-hydrogen) atoms.